The lowest BCUT2D eigenvalue weighted by Gasteiger charge is -2.19. The van der Waals surface area contributed by atoms with Crippen LogP contribution in [0.3, 0.4) is 0 Å². The summed E-state index contributed by atoms with van der Waals surface area (Å²) in [5, 5.41) is 3.17. The third-order valence-corrected chi connectivity index (χ3v) is 4.64. The molecule has 2 heterocycles. The minimum atomic E-state index is 0.195. The number of nitrogens with one attached hydrogen (secondary N) is 1. The maximum absolute atomic E-state index is 12.1. The Morgan fingerprint density at radius 2 is 2.09 bits per heavy atom. The molecule has 1 atom stereocenters. The van der Waals surface area contributed by atoms with Crippen molar-refractivity contribution in [1.29, 1.82) is 0 Å². The average Bonchev–Trinajstić information content (AvgIpc) is 3.19. The molecule has 1 saturated heterocycles. The highest BCUT2D eigenvalue weighted by molar-refractivity contribution is 5.76. The summed E-state index contributed by atoms with van der Waals surface area (Å²) in [5.41, 5.74) is 0. The van der Waals surface area contributed by atoms with Gasteiger partial charge in [-0.1, -0.05) is 12.8 Å². The van der Waals surface area contributed by atoms with Gasteiger partial charge in [-0.2, -0.15) is 0 Å². The standard InChI is InChI=1S/C16H24N4O2/c1-22-16-15(17-7-8-18-16)20-9-6-13(11-20)19-14(21)10-12-4-2-3-5-12/h7-8,12-13H,2-6,9-11H2,1H3,(H,19,21). The van der Waals surface area contributed by atoms with E-state index >= 15 is 0 Å². The highest BCUT2D eigenvalue weighted by atomic mass is 16.5. The molecule has 0 radical (unpaired) electrons. The molecule has 2 aliphatic rings. The quantitative estimate of drug-likeness (QED) is 0.898. The first-order chi connectivity index (χ1) is 10.8. The molecule has 1 aromatic rings. The van der Waals surface area contributed by atoms with Crippen molar-refractivity contribution >= 4 is 11.7 Å². The number of carbonyl (C=O) groups is 1. The lowest BCUT2D eigenvalue weighted by molar-refractivity contribution is -0.122. The van der Waals surface area contributed by atoms with E-state index < -0.39 is 0 Å². The molecule has 22 heavy (non-hydrogen) atoms. The van der Waals surface area contributed by atoms with E-state index in [9.17, 15) is 4.79 Å². The molecule has 0 bridgehead atoms. The zero-order valence-corrected chi connectivity index (χ0v) is 13.1. The predicted molar refractivity (Wildman–Crippen MR) is 83.9 cm³/mol. The van der Waals surface area contributed by atoms with Crippen molar-refractivity contribution in [1.82, 2.24) is 15.3 Å². The van der Waals surface area contributed by atoms with Gasteiger partial charge in [-0.3, -0.25) is 4.79 Å². The van der Waals surface area contributed by atoms with Crippen molar-refractivity contribution in [2.45, 2.75) is 44.6 Å². The number of ether oxygens (including phenoxy) is 1. The Labute approximate surface area is 131 Å². The van der Waals surface area contributed by atoms with Gasteiger partial charge >= 0.3 is 0 Å². The highest BCUT2D eigenvalue weighted by Crippen LogP contribution is 2.28. The monoisotopic (exact) mass is 304 g/mol. The Morgan fingerprint density at radius 1 is 1.32 bits per heavy atom. The molecule has 3 rings (SSSR count). The first-order valence-corrected chi connectivity index (χ1v) is 8.15. The van der Waals surface area contributed by atoms with Crippen molar-refractivity contribution in [3.8, 4) is 5.88 Å². The van der Waals surface area contributed by atoms with Gasteiger partial charge in [0.05, 0.1) is 7.11 Å². The number of rotatable bonds is 5. The van der Waals surface area contributed by atoms with E-state index in [2.05, 4.69) is 20.2 Å². The van der Waals surface area contributed by atoms with Crippen molar-refractivity contribution < 1.29 is 9.53 Å². The molecule has 1 aromatic heterocycles. The molecular weight excluding hydrogens is 280 g/mol. The number of methoxy groups -OCH3 is 1. The largest absolute Gasteiger partial charge is 0.478 e. The SMILES string of the molecule is COc1nccnc1N1CCC(NC(=O)CC2CCCC2)C1. The molecule has 1 amide bonds. The number of hydrogen-bond donors (Lipinski definition) is 1. The summed E-state index contributed by atoms with van der Waals surface area (Å²) < 4.78 is 5.26. The van der Waals surface area contributed by atoms with Gasteiger partial charge in [-0.25, -0.2) is 9.97 Å². The molecular formula is C16H24N4O2. The summed E-state index contributed by atoms with van der Waals surface area (Å²) in [6, 6.07) is 0.195. The Kier molecular flexibility index (Phi) is 4.75. The van der Waals surface area contributed by atoms with Gasteiger partial charge in [-0.15, -0.1) is 0 Å². The van der Waals surface area contributed by atoms with Gasteiger partial charge in [0.2, 0.25) is 5.91 Å². The molecule has 1 aliphatic carbocycles. The Bertz CT molecular complexity index is 517. The Morgan fingerprint density at radius 3 is 2.86 bits per heavy atom. The summed E-state index contributed by atoms with van der Waals surface area (Å²) in [7, 11) is 1.60. The van der Waals surface area contributed by atoms with Crippen LogP contribution in [0.1, 0.15) is 38.5 Å². The van der Waals surface area contributed by atoms with Crippen molar-refractivity contribution in [3.05, 3.63) is 12.4 Å². The first-order valence-electron chi connectivity index (χ1n) is 8.15. The number of carbonyl (C=O) groups excluding carboxylic acids is 1. The van der Waals surface area contributed by atoms with Crippen LogP contribution in [0.2, 0.25) is 0 Å². The summed E-state index contributed by atoms with van der Waals surface area (Å²) in [6.45, 7) is 1.63. The van der Waals surface area contributed by atoms with Crippen LogP contribution in [0.5, 0.6) is 5.88 Å². The average molecular weight is 304 g/mol. The normalized spacial score (nSPS) is 22.0. The fourth-order valence-electron chi connectivity index (χ4n) is 3.51. The third kappa shape index (κ3) is 3.48. The first kappa shape index (κ1) is 15.1. The molecule has 6 heteroatoms. The van der Waals surface area contributed by atoms with Gasteiger partial charge in [0, 0.05) is 37.9 Å². The second kappa shape index (κ2) is 6.94. The van der Waals surface area contributed by atoms with Crippen LogP contribution in [0, 0.1) is 5.92 Å². The molecule has 120 valence electrons. The maximum atomic E-state index is 12.1. The predicted octanol–water partition coefficient (Wildman–Crippen LogP) is 1.76. The van der Waals surface area contributed by atoms with E-state index in [1.807, 2.05) is 0 Å². The van der Waals surface area contributed by atoms with Crippen LogP contribution in [0.4, 0.5) is 5.82 Å². The van der Waals surface area contributed by atoms with E-state index in [1.54, 1.807) is 19.5 Å². The summed E-state index contributed by atoms with van der Waals surface area (Å²) in [4.78, 5) is 22.8. The van der Waals surface area contributed by atoms with Gasteiger partial charge in [0.25, 0.3) is 5.88 Å². The van der Waals surface area contributed by atoms with Crippen molar-refractivity contribution in [2.75, 3.05) is 25.1 Å². The van der Waals surface area contributed by atoms with Crippen LogP contribution in [0.15, 0.2) is 12.4 Å². The van der Waals surface area contributed by atoms with E-state index in [-0.39, 0.29) is 11.9 Å². The van der Waals surface area contributed by atoms with Crippen LogP contribution in [0.25, 0.3) is 0 Å². The second-order valence-corrected chi connectivity index (χ2v) is 6.24. The van der Waals surface area contributed by atoms with Crippen LogP contribution in [-0.2, 0) is 4.79 Å². The van der Waals surface area contributed by atoms with E-state index in [4.69, 9.17) is 4.74 Å². The van der Waals surface area contributed by atoms with E-state index in [0.717, 1.165) is 25.3 Å². The van der Waals surface area contributed by atoms with Gasteiger partial charge < -0.3 is 15.0 Å². The smallest absolute Gasteiger partial charge is 0.257 e. The van der Waals surface area contributed by atoms with Gasteiger partial charge in [0.15, 0.2) is 5.82 Å². The number of aromatic nitrogens is 2. The molecule has 1 aliphatic heterocycles. The minimum Gasteiger partial charge on any atom is -0.478 e. The van der Waals surface area contributed by atoms with Gasteiger partial charge in [0.1, 0.15) is 0 Å². The lowest BCUT2D eigenvalue weighted by atomic mass is 10.0. The van der Waals surface area contributed by atoms with Gasteiger partial charge in [-0.05, 0) is 25.2 Å². The summed E-state index contributed by atoms with van der Waals surface area (Å²) in [6.07, 6.45) is 9.90. The lowest BCUT2D eigenvalue weighted by Crippen LogP contribution is -2.37. The minimum absolute atomic E-state index is 0.195. The highest BCUT2D eigenvalue weighted by Gasteiger charge is 2.28. The number of anilines is 1. The van der Waals surface area contributed by atoms with E-state index in [1.165, 1.54) is 25.7 Å². The number of hydrogen-bond acceptors (Lipinski definition) is 5. The van der Waals surface area contributed by atoms with Crippen LogP contribution < -0.4 is 15.0 Å². The van der Waals surface area contributed by atoms with Crippen molar-refractivity contribution in [3.63, 3.8) is 0 Å². The van der Waals surface area contributed by atoms with Crippen LogP contribution >= 0.6 is 0 Å². The molecule has 2 fully saturated rings. The zero-order chi connectivity index (χ0) is 15.4. The molecule has 1 unspecified atom stereocenters. The van der Waals surface area contributed by atoms with Crippen LogP contribution in [-0.4, -0.2) is 42.1 Å². The zero-order valence-electron chi connectivity index (χ0n) is 13.1. The second-order valence-electron chi connectivity index (χ2n) is 6.24. The molecule has 0 spiro atoms. The fourth-order valence-corrected chi connectivity index (χ4v) is 3.51. The van der Waals surface area contributed by atoms with Crippen molar-refractivity contribution in [2.24, 2.45) is 5.92 Å². The number of amides is 1. The molecule has 6 nitrogen and oxygen atoms in total. The summed E-state index contributed by atoms with van der Waals surface area (Å²) in [5.74, 6) is 2.10. The fraction of sp³-hybridized carbons (Fsp3) is 0.688. The Balaban J connectivity index is 1.52. The molecule has 1 saturated carbocycles. The molecule has 0 aromatic carbocycles. The summed E-state index contributed by atoms with van der Waals surface area (Å²) >= 11 is 0. The topological polar surface area (TPSA) is 67.4 Å². The maximum Gasteiger partial charge on any atom is 0.257 e. The van der Waals surface area contributed by atoms with E-state index in [0.29, 0.717) is 18.2 Å². The third-order valence-electron chi connectivity index (χ3n) is 4.64. The Hall–Kier alpha value is -1.85. The molecule has 1 N–H and O–H groups in total. The number of nitrogens with zero attached hydrogens (tertiary/aromatic N) is 3.